The molecule has 0 heterocycles. The summed E-state index contributed by atoms with van der Waals surface area (Å²) in [5.41, 5.74) is 4.72. The topological polar surface area (TPSA) is 0 Å². The van der Waals surface area contributed by atoms with Crippen molar-refractivity contribution < 1.29 is 4.39 Å². The SMILES string of the molecule is Cc1ccccc1-c1ccc(/C=C/C(C)F)cc1. The van der Waals surface area contributed by atoms with E-state index in [1.165, 1.54) is 23.6 Å². The zero-order valence-corrected chi connectivity index (χ0v) is 10.7. The molecule has 1 atom stereocenters. The molecule has 0 nitrogen and oxygen atoms in total. The molecular formula is C17H17F. The zero-order chi connectivity index (χ0) is 13.0. The number of alkyl halides is 1. The lowest BCUT2D eigenvalue weighted by molar-refractivity contribution is 0.432. The quantitative estimate of drug-likeness (QED) is 0.705. The van der Waals surface area contributed by atoms with Gasteiger partial charge in [-0.05, 0) is 36.1 Å². The summed E-state index contributed by atoms with van der Waals surface area (Å²) in [5.74, 6) is 0. The Balaban J connectivity index is 2.25. The first-order valence-corrected chi connectivity index (χ1v) is 6.15. The first kappa shape index (κ1) is 12.6. The van der Waals surface area contributed by atoms with Crippen LogP contribution >= 0.6 is 0 Å². The van der Waals surface area contributed by atoms with Gasteiger partial charge in [-0.3, -0.25) is 0 Å². The summed E-state index contributed by atoms with van der Waals surface area (Å²) < 4.78 is 12.7. The molecule has 0 aromatic heterocycles. The summed E-state index contributed by atoms with van der Waals surface area (Å²) in [6.07, 6.45) is 2.47. The fraction of sp³-hybridized carbons (Fsp3) is 0.176. The van der Waals surface area contributed by atoms with Gasteiger partial charge in [0.25, 0.3) is 0 Å². The largest absolute Gasteiger partial charge is 0.243 e. The Morgan fingerprint density at radius 1 is 1.00 bits per heavy atom. The van der Waals surface area contributed by atoms with Gasteiger partial charge in [-0.2, -0.15) is 0 Å². The van der Waals surface area contributed by atoms with E-state index < -0.39 is 6.17 Å². The molecule has 0 saturated heterocycles. The van der Waals surface area contributed by atoms with E-state index in [4.69, 9.17) is 0 Å². The first-order chi connectivity index (χ1) is 8.66. The minimum atomic E-state index is -0.902. The van der Waals surface area contributed by atoms with Crippen LogP contribution in [0, 0.1) is 6.92 Å². The van der Waals surface area contributed by atoms with Gasteiger partial charge in [0.15, 0.2) is 0 Å². The van der Waals surface area contributed by atoms with Gasteiger partial charge in [0.05, 0.1) is 0 Å². The Labute approximate surface area is 108 Å². The highest BCUT2D eigenvalue weighted by Crippen LogP contribution is 2.23. The second-order valence-corrected chi connectivity index (χ2v) is 4.47. The van der Waals surface area contributed by atoms with Gasteiger partial charge >= 0.3 is 0 Å². The summed E-state index contributed by atoms with van der Waals surface area (Å²) in [6.45, 7) is 3.63. The highest BCUT2D eigenvalue weighted by Gasteiger charge is 2.00. The minimum Gasteiger partial charge on any atom is -0.243 e. The van der Waals surface area contributed by atoms with Crippen molar-refractivity contribution in [3.8, 4) is 11.1 Å². The maximum atomic E-state index is 12.7. The number of halogens is 1. The zero-order valence-electron chi connectivity index (χ0n) is 10.7. The van der Waals surface area contributed by atoms with Crippen LogP contribution in [0.15, 0.2) is 54.6 Å². The molecule has 0 aliphatic carbocycles. The molecular weight excluding hydrogens is 223 g/mol. The Morgan fingerprint density at radius 3 is 2.28 bits per heavy atom. The highest BCUT2D eigenvalue weighted by atomic mass is 19.1. The molecule has 2 aromatic carbocycles. The number of benzene rings is 2. The van der Waals surface area contributed by atoms with E-state index in [2.05, 4.69) is 31.2 Å². The molecule has 0 spiro atoms. The average molecular weight is 240 g/mol. The van der Waals surface area contributed by atoms with Gasteiger partial charge in [-0.25, -0.2) is 4.39 Å². The molecule has 0 amide bonds. The fourth-order valence-electron chi connectivity index (χ4n) is 1.91. The summed E-state index contributed by atoms with van der Waals surface area (Å²) in [4.78, 5) is 0. The van der Waals surface area contributed by atoms with Gasteiger partial charge in [-0.15, -0.1) is 0 Å². The Bertz CT molecular complexity index is 536. The smallest absolute Gasteiger partial charge is 0.116 e. The predicted octanol–water partition coefficient (Wildman–Crippen LogP) is 5.03. The molecule has 2 aromatic rings. The van der Waals surface area contributed by atoms with Crippen LogP contribution in [0.5, 0.6) is 0 Å². The second kappa shape index (κ2) is 5.63. The highest BCUT2D eigenvalue weighted by molar-refractivity contribution is 5.68. The third-order valence-electron chi connectivity index (χ3n) is 2.92. The number of allylic oxidation sites excluding steroid dienone is 1. The van der Waals surface area contributed by atoms with Crippen molar-refractivity contribution in [3.05, 3.63) is 65.7 Å². The van der Waals surface area contributed by atoms with Crippen molar-refractivity contribution in [1.82, 2.24) is 0 Å². The van der Waals surface area contributed by atoms with E-state index >= 15 is 0 Å². The number of hydrogen-bond acceptors (Lipinski definition) is 0. The van der Waals surface area contributed by atoms with Crippen LogP contribution in [0.3, 0.4) is 0 Å². The van der Waals surface area contributed by atoms with Gasteiger partial charge < -0.3 is 0 Å². The van der Waals surface area contributed by atoms with E-state index in [1.807, 2.05) is 30.3 Å². The summed E-state index contributed by atoms with van der Waals surface area (Å²) in [6, 6.07) is 16.5. The van der Waals surface area contributed by atoms with Gasteiger partial charge in [-0.1, -0.05) is 60.7 Å². The lowest BCUT2D eigenvalue weighted by Crippen LogP contribution is -1.84. The van der Waals surface area contributed by atoms with Crippen LogP contribution in [0.2, 0.25) is 0 Å². The Morgan fingerprint density at radius 2 is 1.67 bits per heavy atom. The van der Waals surface area contributed by atoms with Crippen LogP contribution < -0.4 is 0 Å². The normalized spacial score (nSPS) is 12.8. The van der Waals surface area contributed by atoms with Crippen molar-refractivity contribution in [2.24, 2.45) is 0 Å². The van der Waals surface area contributed by atoms with E-state index in [0.29, 0.717) is 0 Å². The van der Waals surface area contributed by atoms with Gasteiger partial charge in [0, 0.05) is 0 Å². The maximum Gasteiger partial charge on any atom is 0.116 e. The van der Waals surface area contributed by atoms with Crippen LogP contribution in [-0.4, -0.2) is 6.17 Å². The lowest BCUT2D eigenvalue weighted by Gasteiger charge is -2.05. The molecule has 0 aliphatic rings. The molecule has 0 fully saturated rings. The van der Waals surface area contributed by atoms with Crippen molar-refractivity contribution in [1.29, 1.82) is 0 Å². The van der Waals surface area contributed by atoms with Crippen molar-refractivity contribution in [2.75, 3.05) is 0 Å². The predicted molar refractivity (Wildman–Crippen MR) is 76.2 cm³/mol. The second-order valence-electron chi connectivity index (χ2n) is 4.47. The molecule has 2 rings (SSSR count). The maximum absolute atomic E-state index is 12.7. The van der Waals surface area contributed by atoms with Crippen LogP contribution in [-0.2, 0) is 0 Å². The molecule has 0 saturated carbocycles. The molecule has 0 bridgehead atoms. The van der Waals surface area contributed by atoms with Crippen molar-refractivity contribution >= 4 is 6.08 Å². The van der Waals surface area contributed by atoms with Crippen LogP contribution in [0.25, 0.3) is 17.2 Å². The van der Waals surface area contributed by atoms with Crippen LogP contribution in [0.1, 0.15) is 18.1 Å². The molecule has 0 aliphatic heterocycles. The van der Waals surface area contributed by atoms with E-state index in [0.717, 1.165) is 5.56 Å². The van der Waals surface area contributed by atoms with Gasteiger partial charge in [0.2, 0.25) is 0 Å². The summed E-state index contributed by atoms with van der Waals surface area (Å²) >= 11 is 0. The number of hydrogen-bond donors (Lipinski definition) is 0. The summed E-state index contributed by atoms with van der Waals surface area (Å²) in [5, 5.41) is 0. The van der Waals surface area contributed by atoms with Gasteiger partial charge in [0.1, 0.15) is 6.17 Å². The average Bonchev–Trinajstić information content (AvgIpc) is 2.38. The number of aryl methyl sites for hydroxylation is 1. The molecule has 1 heteroatoms. The monoisotopic (exact) mass is 240 g/mol. The van der Waals surface area contributed by atoms with E-state index in [9.17, 15) is 4.39 Å². The van der Waals surface area contributed by atoms with E-state index in [1.54, 1.807) is 6.08 Å². The first-order valence-electron chi connectivity index (χ1n) is 6.15. The van der Waals surface area contributed by atoms with Crippen molar-refractivity contribution in [2.45, 2.75) is 20.0 Å². The summed E-state index contributed by atoms with van der Waals surface area (Å²) in [7, 11) is 0. The number of rotatable bonds is 3. The standard InChI is InChI=1S/C17H17F/c1-13-5-3-4-6-17(13)16-11-9-15(10-12-16)8-7-14(2)18/h3-12,14H,1-2H3/b8-7+. The van der Waals surface area contributed by atoms with Crippen molar-refractivity contribution in [3.63, 3.8) is 0 Å². The molecule has 0 N–H and O–H groups in total. The minimum absolute atomic E-state index is 0.902. The Kier molecular flexibility index (Phi) is 3.93. The molecule has 92 valence electrons. The third-order valence-corrected chi connectivity index (χ3v) is 2.92. The fourth-order valence-corrected chi connectivity index (χ4v) is 1.91. The van der Waals surface area contributed by atoms with Crippen LogP contribution in [0.4, 0.5) is 4.39 Å². The molecule has 1 unspecified atom stereocenters. The Hall–Kier alpha value is -1.89. The molecule has 0 radical (unpaired) electrons. The third kappa shape index (κ3) is 3.07. The lowest BCUT2D eigenvalue weighted by atomic mass is 9.99. The molecule has 18 heavy (non-hydrogen) atoms. The van der Waals surface area contributed by atoms with E-state index in [-0.39, 0.29) is 0 Å².